The number of hydrogen-bond acceptors (Lipinski definition) is 4. The average Bonchev–Trinajstić information content (AvgIpc) is 2.89. The highest BCUT2D eigenvalue weighted by atomic mass is 16.5. The zero-order valence-corrected chi connectivity index (χ0v) is 14.8. The van der Waals surface area contributed by atoms with Gasteiger partial charge in [-0.05, 0) is 25.3 Å². The molecule has 1 aromatic heterocycles. The molecule has 2 unspecified atom stereocenters. The van der Waals surface area contributed by atoms with E-state index < -0.39 is 0 Å². The number of rotatable bonds is 6. The summed E-state index contributed by atoms with van der Waals surface area (Å²) in [6, 6.07) is 10.6. The maximum Gasteiger partial charge on any atom is 0.216 e. The Hall–Kier alpha value is -1.85. The summed E-state index contributed by atoms with van der Waals surface area (Å²) in [4.78, 5) is 0. The second-order valence-corrected chi connectivity index (χ2v) is 6.43. The first-order chi connectivity index (χ1) is 11.7. The van der Waals surface area contributed by atoms with Gasteiger partial charge in [0.1, 0.15) is 0 Å². The molecule has 3 rings (SSSR count). The van der Waals surface area contributed by atoms with Gasteiger partial charge in [-0.1, -0.05) is 30.3 Å². The van der Waals surface area contributed by atoms with Crippen LogP contribution in [0, 0.1) is 12.8 Å². The molecule has 1 aliphatic rings. The number of benzene rings is 1. The van der Waals surface area contributed by atoms with E-state index in [4.69, 9.17) is 9.47 Å². The Bertz CT molecular complexity index is 654. The minimum absolute atomic E-state index is 0.185. The van der Waals surface area contributed by atoms with E-state index in [9.17, 15) is 0 Å². The molecule has 2 heterocycles. The van der Waals surface area contributed by atoms with E-state index in [0.717, 1.165) is 43.3 Å². The molecule has 5 nitrogen and oxygen atoms in total. The predicted molar refractivity (Wildman–Crippen MR) is 94.1 cm³/mol. The zero-order chi connectivity index (χ0) is 16.9. The highest BCUT2D eigenvalue weighted by Crippen LogP contribution is 2.33. The lowest BCUT2D eigenvalue weighted by Gasteiger charge is -2.32. The van der Waals surface area contributed by atoms with E-state index in [1.54, 1.807) is 11.8 Å². The van der Waals surface area contributed by atoms with Crippen LogP contribution in [0.3, 0.4) is 0 Å². The van der Waals surface area contributed by atoms with Gasteiger partial charge in [0, 0.05) is 32.7 Å². The minimum atomic E-state index is 0.185. The number of aromatic nitrogens is 2. The first kappa shape index (κ1) is 17.0. The molecule has 5 heteroatoms. The molecule has 0 bridgehead atoms. The summed E-state index contributed by atoms with van der Waals surface area (Å²) >= 11 is 0. The van der Waals surface area contributed by atoms with Gasteiger partial charge in [-0.2, -0.15) is 5.10 Å². The molecule has 0 radical (unpaired) electrons. The quantitative estimate of drug-likeness (QED) is 0.885. The van der Waals surface area contributed by atoms with Gasteiger partial charge >= 0.3 is 0 Å². The normalized spacial score (nSPS) is 21.0. The Morgan fingerprint density at radius 1 is 1.33 bits per heavy atom. The van der Waals surface area contributed by atoms with Crippen molar-refractivity contribution in [1.29, 1.82) is 0 Å². The zero-order valence-electron chi connectivity index (χ0n) is 14.8. The van der Waals surface area contributed by atoms with Crippen molar-refractivity contribution in [2.75, 3.05) is 20.3 Å². The van der Waals surface area contributed by atoms with Gasteiger partial charge in [0.2, 0.25) is 5.88 Å². The molecule has 1 saturated heterocycles. The van der Waals surface area contributed by atoms with Crippen molar-refractivity contribution in [3.05, 3.63) is 47.2 Å². The summed E-state index contributed by atoms with van der Waals surface area (Å²) in [5.74, 6) is 1.32. The lowest BCUT2D eigenvalue weighted by atomic mass is 9.89. The van der Waals surface area contributed by atoms with Crippen LogP contribution in [0.1, 0.15) is 35.8 Å². The molecule has 1 aliphatic heterocycles. The van der Waals surface area contributed by atoms with Crippen LogP contribution in [0.2, 0.25) is 0 Å². The summed E-state index contributed by atoms with van der Waals surface area (Å²) in [6.07, 6.45) is 2.50. The maximum atomic E-state index is 6.07. The third-order valence-electron chi connectivity index (χ3n) is 4.76. The predicted octanol–water partition coefficient (Wildman–Crippen LogP) is 2.99. The molecule has 0 aliphatic carbocycles. The van der Waals surface area contributed by atoms with Gasteiger partial charge in [0.25, 0.3) is 0 Å². The van der Waals surface area contributed by atoms with Crippen molar-refractivity contribution < 1.29 is 9.47 Å². The van der Waals surface area contributed by atoms with Gasteiger partial charge in [-0.15, -0.1) is 0 Å². The van der Waals surface area contributed by atoms with Crippen molar-refractivity contribution in [2.24, 2.45) is 13.0 Å². The van der Waals surface area contributed by atoms with E-state index in [0.29, 0.717) is 5.92 Å². The van der Waals surface area contributed by atoms with Gasteiger partial charge in [-0.25, -0.2) is 4.68 Å². The largest absolute Gasteiger partial charge is 0.481 e. The third kappa shape index (κ3) is 3.62. The highest BCUT2D eigenvalue weighted by molar-refractivity contribution is 5.30. The number of nitrogens with zero attached hydrogens (tertiary/aromatic N) is 2. The molecule has 0 amide bonds. The molecule has 2 aromatic rings. The van der Waals surface area contributed by atoms with Crippen molar-refractivity contribution >= 4 is 0 Å². The molecule has 0 spiro atoms. The van der Waals surface area contributed by atoms with Crippen molar-refractivity contribution in [2.45, 2.75) is 32.4 Å². The Morgan fingerprint density at radius 3 is 2.88 bits per heavy atom. The van der Waals surface area contributed by atoms with Crippen molar-refractivity contribution in [3.63, 3.8) is 0 Å². The van der Waals surface area contributed by atoms with Crippen LogP contribution in [-0.4, -0.2) is 30.0 Å². The topological polar surface area (TPSA) is 48.3 Å². The number of hydrogen-bond donors (Lipinski definition) is 1. The van der Waals surface area contributed by atoms with E-state index in [1.807, 2.05) is 14.0 Å². The van der Waals surface area contributed by atoms with Crippen LogP contribution in [0.4, 0.5) is 0 Å². The first-order valence-corrected chi connectivity index (χ1v) is 8.64. The lowest BCUT2D eigenvalue weighted by molar-refractivity contribution is -0.0278. The van der Waals surface area contributed by atoms with Crippen molar-refractivity contribution in [3.8, 4) is 5.88 Å². The molecule has 24 heavy (non-hydrogen) atoms. The Labute approximate surface area is 144 Å². The summed E-state index contributed by atoms with van der Waals surface area (Å²) in [5, 5.41) is 8.02. The van der Waals surface area contributed by atoms with Crippen molar-refractivity contribution in [1.82, 2.24) is 15.1 Å². The summed E-state index contributed by atoms with van der Waals surface area (Å²) in [6.45, 7) is 4.57. The molecule has 2 atom stereocenters. The second-order valence-electron chi connectivity index (χ2n) is 6.43. The summed E-state index contributed by atoms with van der Waals surface area (Å²) in [7, 11) is 3.61. The van der Waals surface area contributed by atoms with Crippen LogP contribution in [-0.2, 0) is 18.3 Å². The average molecular weight is 329 g/mol. The molecule has 1 fully saturated rings. The Kier molecular flexibility index (Phi) is 5.53. The summed E-state index contributed by atoms with van der Waals surface area (Å²) < 4.78 is 13.3. The summed E-state index contributed by atoms with van der Waals surface area (Å²) in [5.41, 5.74) is 3.42. The molecular formula is C19H27N3O2. The highest BCUT2D eigenvalue weighted by Gasteiger charge is 2.27. The van der Waals surface area contributed by atoms with E-state index >= 15 is 0 Å². The maximum absolute atomic E-state index is 6.07. The minimum Gasteiger partial charge on any atom is -0.481 e. The Morgan fingerprint density at radius 2 is 2.12 bits per heavy atom. The molecule has 130 valence electrons. The number of aryl methyl sites for hydroxylation is 2. The van der Waals surface area contributed by atoms with Gasteiger partial charge in [-0.3, -0.25) is 0 Å². The van der Waals surface area contributed by atoms with Gasteiger partial charge in [0.05, 0.1) is 24.5 Å². The number of ether oxygens (including phenoxy) is 2. The van der Waals surface area contributed by atoms with Crippen LogP contribution in [0.25, 0.3) is 0 Å². The third-order valence-corrected chi connectivity index (χ3v) is 4.76. The second kappa shape index (κ2) is 7.81. The first-order valence-electron chi connectivity index (χ1n) is 8.64. The number of nitrogens with one attached hydrogen (secondary N) is 1. The SMILES string of the molecule is COc1c(CNCC2CCCOC2c2ccccc2)c(C)nn1C. The fraction of sp³-hybridized carbons (Fsp3) is 0.526. The van der Waals surface area contributed by atoms with Crippen LogP contribution < -0.4 is 10.1 Å². The van der Waals surface area contributed by atoms with E-state index in [2.05, 4.69) is 40.7 Å². The van der Waals surface area contributed by atoms with E-state index in [1.165, 1.54) is 12.0 Å². The number of methoxy groups -OCH3 is 1. The molecular weight excluding hydrogens is 302 g/mol. The molecule has 1 aromatic carbocycles. The fourth-order valence-corrected chi connectivity index (χ4v) is 3.59. The van der Waals surface area contributed by atoms with E-state index in [-0.39, 0.29) is 6.10 Å². The van der Waals surface area contributed by atoms with Gasteiger partial charge < -0.3 is 14.8 Å². The standard InChI is InChI=1S/C19H27N3O2/c1-14-17(19(23-3)22(2)21-14)13-20-12-16-10-7-11-24-18(16)15-8-5-4-6-9-15/h4-6,8-9,16,18,20H,7,10-13H2,1-3H3. The smallest absolute Gasteiger partial charge is 0.216 e. The fourth-order valence-electron chi connectivity index (χ4n) is 3.59. The van der Waals surface area contributed by atoms with Crippen LogP contribution >= 0.6 is 0 Å². The molecule has 1 N–H and O–H groups in total. The van der Waals surface area contributed by atoms with Crippen LogP contribution in [0.5, 0.6) is 5.88 Å². The van der Waals surface area contributed by atoms with Crippen LogP contribution in [0.15, 0.2) is 30.3 Å². The van der Waals surface area contributed by atoms with Gasteiger partial charge in [0.15, 0.2) is 0 Å². The Balaban J connectivity index is 1.63. The monoisotopic (exact) mass is 329 g/mol. The molecule has 0 saturated carbocycles. The lowest BCUT2D eigenvalue weighted by Crippen LogP contribution is -2.31.